The SMILES string of the molecule is CCN1CCC(CNc2nc(Nc3ccc(F)c(Cl)c3)ncc2-c2cnc(OC)nc2)CC1. The highest BCUT2D eigenvalue weighted by atomic mass is 35.5. The van der Waals surface area contributed by atoms with Crippen LogP contribution in [0.3, 0.4) is 0 Å². The van der Waals surface area contributed by atoms with Gasteiger partial charge in [0.25, 0.3) is 0 Å². The van der Waals surface area contributed by atoms with Crippen molar-refractivity contribution in [3.8, 4) is 17.1 Å². The summed E-state index contributed by atoms with van der Waals surface area (Å²) in [4.78, 5) is 20.0. The van der Waals surface area contributed by atoms with Crippen LogP contribution in [0.1, 0.15) is 19.8 Å². The third-order valence-electron chi connectivity index (χ3n) is 5.80. The minimum absolute atomic E-state index is 0.0313. The molecule has 2 aromatic heterocycles. The fourth-order valence-corrected chi connectivity index (χ4v) is 3.98. The van der Waals surface area contributed by atoms with Crippen molar-refractivity contribution in [2.24, 2.45) is 5.92 Å². The molecule has 33 heavy (non-hydrogen) atoms. The highest BCUT2D eigenvalue weighted by Crippen LogP contribution is 2.29. The van der Waals surface area contributed by atoms with Gasteiger partial charge in [0.05, 0.1) is 12.1 Å². The zero-order chi connectivity index (χ0) is 23.2. The van der Waals surface area contributed by atoms with Crippen LogP contribution in [-0.2, 0) is 0 Å². The lowest BCUT2D eigenvalue weighted by molar-refractivity contribution is 0.198. The number of likely N-dealkylation sites (tertiary alicyclic amines) is 1. The number of aromatic nitrogens is 4. The molecule has 0 aliphatic carbocycles. The van der Waals surface area contributed by atoms with Crippen LogP contribution in [-0.4, -0.2) is 58.1 Å². The summed E-state index contributed by atoms with van der Waals surface area (Å²) in [6, 6.07) is 4.68. The van der Waals surface area contributed by atoms with Crippen molar-refractivity contribution in [3.05, 3.63) is 47.6 Å². The Morgan fingerprint density at radius 1 is 1.15 bits per heavy atom. The summed E-state index contributed by atoms with van der Waals surface area (Å²) in [5.74, 6) is 1.14. The van der Waals surface area contributed by atoms with E-state index in [9.17, 15) is 4.39 Å². The Balaban J connectivity index is 1.56. The molecule has 0 unspecified atom stereocenters. The number of nitrogens with zero attached hydrogens (tertiary/aromatic N) is 5. The van der Waals surface area contributed by atoms with Crippen LogP contribution in [0.15, 0.2) is 36.8 Å². The second-order valence-corrected chi connectivity index (χ2v) is 8.33. The van der Waals surface area contributed by atoms with Gasteiger partial charge in [0.2, 0.25) is 5.95 Å². The van der Waals surface area contributed by atoms with Crippen molar-refractivity contribution in [2.75, 3.05) is 43.9 Å². The molecular weight excluding hydrogens is 445 g/mol. The molecule has 3 heterocycles. The number of ether oxygens (including phenoxy) is 1. The van der Waals surface area contributed by atoms with E-state index < -0.39 is 5.82 Å². The molecule has 1 fully saturated rings. The van der Waals surface area contributed by atoms with E-state index in [0.29, 0.717) is 29.4 Å². The number of anilines is 3. The van der Waals surface area contributed by atoms with Crippen LogP contribution in [0, 0.1) is 11.7 Å². The van der Waals surface area contributed by atoms with Gasteiger partial charge in [-0.25, -0.2) is 19.3 Å². The first kappa shape index (κ1) is 23.1. The molecule has 3 aromatic rings. The second kappa shape index (κ2) is 10.7. The first-order chi connectivity index (χ1) is 16.1. The van der Waals surface area contributed by atoms with E-state index >= 15 is 0 Å². The summed E-state index contributed by atoms with van der Waals surface area (Å²) in [5, 5.41) is 6.63. The van der Waals surface area contributed by atoms with Crippen molar-refractivity contribution in [1.29, 1.82) is 0 Å². The third-order valence-corrected chi connectivity index (χ3v) is 6.09. The van der Waals surface area contributed by atoms with Gasteiger partial charge >= 0.3 is 6.01 Å². The molecule has 1 aliphatic rings. The minimum Gasteiger partial charge on any atom is -0.467 e. The molecule has 0 atom stereocenters. The molecule has 1 saturated heterocycles. The second-order valence-electron chi connectivity index (χ2n) is 7.93. The average molecular weight is 472 g/mol. The monoisotopic (exact) mass is 471 g/mol. The number of hydrogen-bond donors (Lipinski definition) is 2. The predicted molar refractivity (Wildman–Crippen MR) is 128 cm³/mol. The van der Waals surface area contributed by atoms with Gasteiger partial charge in [0.15, 0.2) is 0 Å². The van der Waals surface area contributed by atoms with Crippen molar-refractivity contribution < 1.29 is 9.13 Å². The number of halogens is 2. The fourth-order valence-electron chi connectivity index (χ4n) is 3.80. The van der Waals surface area contributed by atoms with Crippen molar-refractivity contribution in [1.82, 2.24) is 24.8 Å². The molecule has 8 nitrogen and oxygen atoms in total. The normalized spacial score (nSPS) is 14.8. The fraction of sp³-hybridized carbons (Fsp3) is 0.391. The summed E-state index contributed by atoms with van der Waals surface area (Å²) in [6.07, 6.45) is 7.37. The van der Waals surface area contributed by atoms with Crippen LogP contribution < -0.4 is 15.4 Å². The van der Waals surface area contributed by atoms with Gasteiger partial charge in [0.1, 0.15) is 11.6 Å². The molecule has 0 spiro atoms. The zero-order valence-corrected chi connectivity index (χ0v) is 19.4. The quantitative estimate of drug-likeness (QED) is 0.492. The maximum absolute atomic E-state index is 13.5. The molecule has 174 valence electrons. The number of hydrogen-bond acceptors (Lipinski definition) is 8. The molecule has 2 N–H and O–H groups in total. The third kappa shape index (κ3) is 5.85. The Morgan fingerprint density at radius 2 is 1.91 bits per heavy atom. The standard InChI is InChI=1S/C23H27ClFN7O/c1-3-32-8-6-15(7-9-32)11-26-21-18(16-12-28-23(33-2)29-13-16)14-27-22(31-21)30-17-4-5-20(25)19(24)10-17/h4-5,10,12-15H,3,6-9,11H2,1-2H3,(H2,26,27,30,31). The topological polar surface area (TPSA) is 88.1 Å². The summed E-state index contributed by atoms with van der Waals surface area (Å²) in [7, 11) is 1.52. The van der Waals surface area contributed by atoms with E-state index in [4.69, 9.17) is 16.3 Å². The van der Waals surface area contributed by atoms with Gasteiger partial charge in [-0.05, 0) is 56.6 Å². The summed E-state index contributed by atoms with van der Waals surface area (Å²) < 4.78 is 18.6. The molecule has 0 radical (unpaired) electrons. The van der Waals surface area contributed by atoms with Gasteiger partial charge in [-0.2, -0.15) is 4.98 Å². The maximum Gasteiger partial charge on any atom is 0.316 e. The highest BCUT2D eigenvalue weighted by molar-refractivity contribution is 6.31. The lowest BCUT2D eigenvalue weighted by Crippen LogP contribution is -2.35. The van der Waals surface area contributed by atoms with Crippen LogP contribution >= 0.6 is 11.6 Å². The van der Waals surface area contributed by atoms with E-state index in [-0.39, 0.29) is 5.02 Å². The number of rotatable bonds is 8. The average Bonchev–Trinajstić information content (AvgIpc) is 2.85. The van der Waals surface area contributed by atoms with Gasteiger partial charge < -0.3 is 20.3 Å². The molecular formula is C23H27ClFN7O. The Kier molecular flexibility index (Phi) is 7.51. The molecule has 0 saturated carbocycles. The zero-order valence-electron chi connectivity index (χ0n) is 18.7. The summed E-state index contributed by atoms with van der Waals surface area (Å²) in [6.45, 7) is 6.33. The smallest absolute Gasteiger partial charge is 0.316 e. The number of nitrogens with one attached hydrogen (secondary N) is 2. The van der Waals surface area contributed by atoms with E-state index in [1.165, 1.54) is 19.2 Å². The molecule has 0 amide bonds. The first-order valence-electron chi connectivity index (χ1n) is 11.0. The highest BCUT2D eigenvalue weighted by Gasteiger charge is 2.19. The molecule has 1 aliphatic heterocycles. The van der Waals surface area contributed by atoms with E-state index in [0.717, 1.165) is 50.1 Å². The van der Waals surface area contributed by atoms with Crippen molar-refractivity contribution in [3.63, 3.8) is 0 Å². The number of piperidine rings is 1. The minimum atomic E-state index is -0.477. The maximum atomic E-state index is 13.5. The van der Waals surface area contributed by atoms with Gasteiger partial charge in [-0.3, -0.25) is 0 Å². The van der Waals surface area contributed by atoms with E-state index in [2.05, 4.69) is 42.4 Å². The van der Waals surface area contributed by atoms with Crippen LogP contribution in [0.25, 0.3) is 11.1 Å². The van der Waals surface area contributed by atoms with Crippen LogP contribution in [0.2, 0.25) is 5.02 Å². The predicted octanol–water partition coefficient (Wildman–Crippen LogP) is 4.62. The van der Waals surface area contributed by atoms with Crippen molar-refractivity contribution >= 4 is 29.1 Å². The van der Waals surface area contributed by atoms with E-state index in [1.54, 1.807) is 24.7 Å². The van der Waals surface area contributed by atoms with Gasteiger partial charge in [0, 0.05) is 41.9 Å². The lowest BCUT2D eigenvalue weighted by atomic mass is 9.97. The van der Waals surface area contributed by atoms with Gasteiger partial charge in [-0.15, -0.1) is 0 Å². The molecule has 10 heteroatoms. The largest absolute Gasteiger partial charge is 0.467 e. The van der Waals surface area contributed by atoms with E-state index in [1.807, 2.05) is 0 Å². The Bertz CT molecular complexity index is 1070. The summed E-state index contributed by atoms with van der Waals surface area (Å²) >= 11 is 5.90. The molecule has 1 aromatic carbocycles. The van der Waals surface area contributed by atoms with Crippen LogP contribution in [0.4, 0.5) is 21.8 Å². The Labute approximate surface area is 197 Å². The summed E-state index contributed by atoms with van der Waals surface area (Å²) in [5.41, 5.74) is 2.15. The van der Waals surface area contributed by atoms with Crippen LogP contribution in [0.5, 0.6) is 6.01 Å². The Hall–Kier alpha value is -3.04. The first-order valence-corrected chi connectivity index (χ1v) is 11.3. The number of methoxy groups -OCH3 is 1. The lowest BCUT2D eigenvalue weighted by Gasteiger charge is -2.31. The number of benzene rings is 1. The Morgan fingerprint density at radius 3 is 2.58 bits per heavy atom. The van der Waals surface area contributed by atoms with Gasteiger partial charge in [-0.1, -0.05) is 18.5 Å². The molecule has 0 bridgehead atoms. The molecule has 4 rings (SSSR count). The van der Waals surface area contributed by atoms with Crippen molar-refractivity contribution in [2.45, 2.75) is 19.8 Å².